The van der Waals surface area contributed by atoms with Crippen molar-refractivity contribution in [3.8, 4) is 0 Å². The van der Waals surface area contributed by atoms with E-state index < -0.39 is 30.1 Å². The van der Waals surface area contributed by atoms with Gasteiger partial charge in [0, 0.05) is 10.4 Å². The number of amides is 3. The molecule has 7 heteroatoms. The lowest BCUT2D eigenvalue weighted by Crippen LogP contribution is -2.49. The lowest BCUT2D eigenvalue weighted by Gasteiger charge is -2.20. The number of aryl methyl sites for hydroxylation is 2. The highest BCUT2D eigenvalue weighted by Crippen LogP contribution is 2.29. The molecule has 6 nitrogen and oxygen atoms in total. The van der Waals surface area contributed by atoms with E-state index in [9.17, 15) is 14.4 Å². The van der Waals surface area contributed by atoms with E-state index in [1.165, 1.54) is 28.2 Å². The first kappa shape index (κ1) is 18.4. The minimum atomic E-state index is -0.650. The summed E-state index contributed by atoms with van der Waals surface area (Å²) in [5, 5.41) is 4.74. The fourth-order valence-electron chi connectivity index (χ4n) is 2.50. The van der Waals surface area contributed by atoms with Crippen LogP contribution in [0.15, 0.2) is 6.07 Å². The summed E-state index contributed by atoms with van der Waals surface area (Å²) in [6, 6.07) is 1.27. The van der Waals surface area contributed by atoms with E-state index in [2.05, 4.69) is 10.6 Å². The van der Waals surface area contributed by atoms with E-state index in [4.69, 9.17) is 4.74 Å². The molecular weight excluding hydrogens is 328 g/mol. The minimum absolute atomic E-state index is 0.449. The summed E-state index contributed by atoms with van der Waals surface area (Å²) in [4.78, 5) is 37.1. The van der Waals surface area contributed by atoms with E-state index in [0.29, 0.717) is 4.88 Å². The summed E-state index contributed by atoms with van der Waals surface area (Å²) in [6.45, 7) is 4.94. The highest BCUT2D eigenvalue weighted by Gasteiger charge is 2.19. The zero-order valence-corrected chi connectivity index (χ0v) is 15.2. The van der Waals surface area contributed by atoms with Crippen LogP contribution in [0.25, 0.3) is 0 Å². The summed E-state index contributed by atoms with van der Waals surface area (Å²) in [7, 11) is 0. The van der Waals surface area contributed by atoms with Crippen molar-refractivity contribution in [2.24, 2.45) is 0 Å². The predicted octanol–water partition coefficient (Wildman–Crippen LogP) is 2.80. The molecule has 0 aliphatic heterocycles. The van der Waals surface area contributed by atoms with Crippen molar-refractivity contribution in [1.29, 1.82) is 0 Å². The van der Waals surface area contributed by atoms with Gasteiger partial charge in [-0.15, -0.1) is 11.3 Å². The van der Waals surface area contributed by atoms with Gasteiger partial charge < -0.3 is 10.1 Å². The van der Waals surface area contributed by atoms with Gasteiger partial charge in [0.1, 0.15) is 4.88 Å². The Morgan fingerprint density at radius 2 is 1.88 bits per heavy atom. The number of carbonyl (C=O) groups is 3. The Balaban J connectivity index is 1.82. The minimum Gasteiger partial charge on any atom is -0.451 e. The summed E-state index contributed by atoms with van der Waals surface area (Å²) < 4.78 is 5.01. The van der Waals surface area contributed by atoms with Crippen molar-refractivity contribution in [2.45, 2.75) is 58.4 Å². The van der Waals surface area contributed by atoms with Crippen molar-refractivity contribution < 1.29 is 19.1 Å². The molecule has 0 fully saturated rings. The topological polar surface area (TPSA) is 84.5 Å². The zero-order chi connectivity index (χ0) is 17.7. The molecule has 1 aliphatic rings. The standard InChI is InChI=1S/C17H24N2O4S/c1-17(2,3)19-16(22)18-14(20)10-23-15(21)13-9-11-7-5-4-6-8-12(11)24-13/h9H,4-8,10H2,1-3H3,(H2,18,19,20,22). The highest BCUT2D eigenvalue weighted by atomic mass is 32.1. The third kappa shape index (κ3) is 5.63. The Labute approximate surface area is 146 Å². The van der Waals surface area contributed by atoms with Crippen molar-refractivity contribution in [1.82, 2.24) is 10.6 Å². The third-order valence-electron chi connectivity index (χ3n) is 3.52. The van der Waals surface area contributed by atoms with E-state index in [1.807, 2.05) is 6.07 Å². The van der Waals surface area contributed by atoms with Crippen LogP contribution in [-0.4, -0.2) is 30.1 Å². The maximum absolute atomic E-state index is 12.1. The first-order valence-electron chi connectivity index (χ1n) is 8.15. The van der Waals surface area contributed by atoms with Gasteiger partial charge in [0.15, 0.2) is 6.61 Å². The molecule has 0 saturated carbocycles. The fraction of sp³-hybridized carbons (Fsp3) is 0.588. The molecule has 1 aliphatic carbocycles. The quantitative estimate of drug-likeness (QED) is 0.647. The normalized spacial score (nSPS) is 14.3. The van der Waals surface area contributed by atoms with Gasteiger partial charge in [-0.3, -0.25) is 10.1 Å². The van der Waals surface area contributed by atoms with Crippen LogP contribution in [0.3, 0.4) is 0 Å². The maximum Gasteiger partial charge on any atom is 0.348 e. The predicted molar refractivity (Wildman–Crippen MR) is 92.3 cm³/mol. The van der Waals surface area contributed by atoms with Gasteiger partial charge in [0.25, 0.3) is 5.91 Å². The Hall–Kier alpha value is -1.89. The lowest BCUT2D eigenvalue weighted by atomic mass is 10.1. The van der Waals surface area contributed by atoms with Crippen LogP contribution < -0.4 is 10.6 Å². The summed E-state index contributed by atoms with van der Waals surface area (Å²) in [5.74, 6) is -1.16. The molecule has 1 aromatic rings. The number of nitrogens with one attached hydrogen (secondary N) is 2. The molecule has 1 aromatic heterocycles. The van der Waals surface area contributed by atoms with Gasteiger partial charge in [-0.25, -0.2) is 9.59 Å². The lowest BCUT2D eigenvalue weighted by molar-refractivity contribution is -0.123. The number of esters is 1. The van der Waals surface area contributed by atoms with Crippen LogP contribution >= 0.6 is 11.3 Å². The first-order valence-corrected chi connectivity index (χ1v) is 8.97. The second-order valence-corrected chi connectivity index (χ2v) is 8.08. The van der Waals surface area contributed by atoms with Crippen LogP contribution in [0.4, 0.5) is 4.79 Å². The van der Waals surface area contributed by atoms with Gasteiger partial charge in [0.05, 0.1) is 0 Å². The van der Waals surface area contributed by atoms with Gasteiger partial charge in [-0.05, 0) is 58.1 Å². The number of hydrogen-bond acceptors (Lipinski definition) is 5. The van der Waals surface area contributed by atoms with E-state index in [-0.39, 0.29) is 0 Å². The molecule has 0 unspecified atom stereocenters. The molecule has 0 spiro atoms. The Kier molecular flexibility index (Phi) is 5.99. The van der Waals surface area contributed by atoms with Crippen molar-refractivity contribution >= 4 is 29.2 Å². The van der Waals surface area contributed by atoms with Crippen LogP contribution in [0.1, 0.15) is 60.1 Å². The number of ether oxygens (including phenoxy) is 1. The molecule has 3 amide bonds. The highest BCUT2D eigenvalue weighted by molar-refractivity contribution is 7.14. The third-order valence-corrected chi connectivity index (χ3v) is 4.74. The summed E-state index contributed by atoms with van der Waals surface area (Å²) in [5.41, 5.74) is 0.772. The average molecular weight is 352 g/mol. The Morgan fingerprint density at radius 1 is 1.17 bits per heavy atom. The van der Waals surface area contributed by atoms with Crippen molar-refractivity contribution in [3.05, 3.63) is 21.4 Å². The maximum atomic E-state index is 12.1. The molecule has 0 aromatic carbocycles. The second-order valence-electron chi connectivity index (χ2n) is 6.95. The summed E-state index contributed by atoms with van der Waals surface area (Å²) in [6.07, 6.45) is 5.50. The number of imide groups is 1. The number of carbonyl (C=O) groups excluding carboxylic acids is 3. The number of urea groups is 1. The molecule has 2 N–H and O–H groups in total. The molecule has 0 bridgehead atoms. The van der Waals surface area contributed by atoms with Gasteiger partial charge in [-0.1, -0.05) is 6.42 Å². The Morgan fingerprint density at radius 3 is 2.58 bits per heavy atom. The average Bonchev–Trinajstić information content (AvgIpc) is 2.74. The SMILES string of the molecule is CC(C)(C)NC(=O)NC(=O)COC(=O)c1cc2c(s1)CCCCC2. The second kappa shape index (κ2) is 7.79. The molecule has 0 atom stereocenters. The van der Waals surface area contributed by atoms with E-state index in [1.54, 1.807) is 20.8 Å². The number of fused-ring (bicyclic) bond motifs is 1. The smallest absolute Gasteiger partial charge is 0.348 e. The van der Waals surface area contributed by atoms with E-state index in [0.717, 1.165) is 25.7 Å². The number of thiophene rings is 1. The van der Waals surface area contributed by atoms with Crippen LogP contribution in [0, 0.1) is 0 Å². The van der Waals surface area contributed by atoms with Crippen LogP contribution in [-0.2, 0) is 22.4 Å². The Bertz CT molecular complexity index is 608. The largest absolute Gasteiger partial charge is 0.451 e. The van der Waals surface area contributed by atoms with Gasteiger partial charge >= 0.3 is 12.0 Å². The number of rotatable bonds is 3. The molecular formula is C17H24N2O4S. The van der Waals surface area contributed by atoms with Gasteiger partial charge in [-0.2, -0.15) is 0 Å². The monoisotopic (exact) mass is 352 g/mol. The fourth-order valence-corrected chi connectivity index (χ4v) is 3.65. The summed E-state index contributed by atoms with van der Waals surface area (Å²) >= 11 is 1.44. The van der Waals surface area contributed by atoms with E-state index >= 15 is 0 Å². The van der Waals surface area contributed by atoms with Gasteiger partial charge in [0.2, 0.25) is 0 Å². The molecule has 0 saturated heterocycles. The van der Waals surface area contributed by atoms with Crippen molar-refractivity contribution in [2.75, 3.05) is 6.61 Å². The molecule has 2 rings (SSSR count). The molecule has 0 radical (unpaired) electrons. The molecule has 132 valence electrons. The van der Waals surface area contributed by atoms with Crippen LogP contribution in [0.5, 0.6) is 0 Å². The van der Waals surface area contributed by atoms with Crippen molar-refractivity contribution in [3.63, 3.8) is 0 Å². The zero-order valence-electron chi connectivity index (χ0n) is 14.4. The molecule has 24 heavy (non-hydrogen) atoms. The first-order chi connectivity index (χ1) is 11.2. The molecule has 1 heterocycles. The van der Waals surface area contributed by atoms with Crippen LogP contribution in [0.2, 0.25) is 0 Å². The number of hydrogen-bond donors (Lipinski definition) is 2.